The lowest BCUT2D eigenvalue weighted by molar-refractivity contribution is 0.435. The first-order valence-corrected chi connectivity index (χ1v) is 3.76. The maximum Gasteiger partial charge on any atom is 0.175 e. The molecule has 2 rings (SSSR count). The lowest BCUT2D eigenvalue weighted by atomic mass is 10.1. The minimum absolute atomic E-state index is 0.164. The minimum Gasteiger partial charge on any atom is -0.505 e. The van der Waals surface area contributed by atoms with Crippen LogP contribution in [-0.4, -0.2) is 5.11 Å². The lowest BCUT2D eigenvalue weighted by Crippen LogP contribution is -1.84. The van der Waals surface area contributed by atoms with Crippen LogP contribution in [0.25, 0.3) is 10.8 Å². The number of phenolic OH excluding ortho intramolecular Hbond substituents is 1. The molecule has 3 heteroatoms. The van der Waals surface area contributed by atoms with Crippen molar-refractivity contribution in [3.63, 3.8) is 0 Å². The van der Waals surface area contributed by atoms with E-state index in [0.29, 0.717) is 5.39 Å². The van der Waals surface area contributed by atoms with Gasteiger partial charge in [-0.1, -0.05) is 18.2 Å². The molecule has 0 spiro atoms. The van der Waals surface area contributed by atoms with E-state index in [9.17, 15) is 8.78 Å². The molecule has 0 aliphatic rings. The van der Waals surface area contributed by atoms with Gasteiger partial charge in [-0.15, -0.1) is 0 Å². The van der Waals surface area contributed by atoms with Gasteiger partial charge in [0.05, 0.1) is 5.39 Å². The van der Waals surface area contributed by atoms with E-state index in [-0.39, 0.29) is 5.39 Å². The van der Waals surface area contributed by atoms with Crippen molar-refractivity contribution >= 4 is 10.8 Å². The van der Waals surface area contributed by atoms with Gasteiger partial charge in [-0.2, -0.15) is 0 Å². The highest BCUT2D eigenvalue weighted by Crippen LogP contribution is 2.26. The summed E-state index contributed by atoms with van der Waals surface area (Å²) in [6, 6.07) is 6.91. The normalized spacial score (nSPS) is 10.6. The molecular formula is C10H6F2O. The average molecular weight is 180 g/mol. The van der Waals surface area contributed by atoms with Crippen molar-refractivity contribution in [2.24, 2.45) is 0 Å². The maximum absolute atomic E-state index is 13.2. The first-order chi connectivity index (χ1) is 6.20. The molecule has 2 aromatic rings. The van der Waals surface area contributed by atoms with Crippen LogP contribution in [0.5, 0.6) is 5.75 Å². The third kappa shape index (κ3) is 1.13. The summed E-state index contributed by atoms with van der Waals surface area (Å²) in [4.78, 5) is 0. The first kappa shape index (κ1) is 7.98. The molecule has 13 heavy (non-hydrogen) atoms. The number of hydrogen-bond donors (Lipinski definition) is 1. The van der Waals surface area contributed by atoms with Gasteiger partial charge in [0.15, 0.2) is 11.6 Å². The molecule has 0 bridgehead atoms. The van der Waals surface area contributed by atoms with Crippen LogP contribution in [0.1, 0.15) is 0 Å². The molecule has 0 saturated carbocycles. The molecule has 1 nitrogen and oxygen atoms in total. The average Bonchev–Trinajstić information content (AvgIpc) is 2.12. The summed E-state index contributed by atoms with van der Waals surface area (Å²) in [5.74, 6) is -2.10. The first-order valence-electron chi connectivity index (χ1n) is 3.76. The predicted octanol–water partition coefficient (Wildman–Crippen LogP) is 2.82. The number of aromatic hydroxyl groups is 1. The fourth-order valence-electron chi connectivity index (χ4n) is 1.28. The monoisotopic (exact) mass is 180 g/mol. The van der Waals surface area contributed by atoms with Gasteiger partial charge in [0.2, 0.25) is 0 Å². The third-order valence-electron chi connectivity index (χ3n) is 1.91. The molecule has 2 aromatic carbocycles. The molecule has 66 valence electrons. The lowest BCUT2D eigenvalue weighted by Gasteiger charge is -2.01. The zero-order valence-corrected chi connectivity index (χ0v) is 6.59. The van der Waals surface area contributed by atoms with Crippen molar-refractivity contribution in [2.75, 3.05) is 0 Å². The van der Waals surface area contributed by atoms with Crippen LogP contribution in [0.15, 0.2) is 30.3 Å². The van der Waals surface area contributed by atoms with Crippen molar-refractivity contribution in [1.82, 2.24) is 0 Å². The second kappa shape index (κ2) is 2.69. The van der Waals surface area contributed by atoms with E-state index >= 15 is 0 Å². The number of halogens is 2. The highest BCUT2D eigenvalue weighted by molar-refractivity contribution is 5.85. The third-order valence-corrected chi connectivity index (χ3v) is 1.91. The molecule has 1 N–H and O–H groups in total. The Balaban J connectivity index is 2.97. The summed E-state index contributed by atoms with van der Waals surface area (Å²) < 4.78 is 26.2. The zero-order chi connectivity index (χ0) is 9.42. The topological polar surface area (TPSA) is 20.2 Å². The molecule has 0 unspecified atom stereocenters. The van der Waals surface area contributed by atoms with Gasteiger partial charge in [-0.05, 0) is 17.5 Å². The molecule has 0 aromatic heterocycles. The van der Waals surface area contributed by atoms with Gasteiger partial charge in [0, 0.05) is 0 Å². The van der Waals surface area contributed by atoms with Crippen LogP contribution >= 0.6 is 0 Å². The van der Waals surface area contributed by atoms with E-state index in [2.05, 4.69) is 0 Å². The minimum atomic E-state index is -0.907. The molecule has 0 fully saturated rings. The molecule has 0 heterocycles. The van der Waals surface area contributed by atoms with Crippen molar-refractivity contribution < 1.29 is 13.9 Å². The number of hydrogen-bond acceptors (Lipinski definition) is 1. The fourth-order valence-corrected chi connectivity index (χ4v) is 1.28. The Labute approximate surface area is 73.2 Å². The quantitative estimate of drug-likeness (QED) is 0.660. The van der Waals surface area contributed by atoms with Gasteiger partial charge < -0.3 is 5.11 Å². The Morgan fingerprint density at radius 2 is 1.77 bits per heavy atom. The Morgan fingerprint density at radius 1 is 1.00 bits per heavy atom. The molecule has 0 amide bonds. The van der Waals surface area contributed by atoms with Gasteiger partial charge in [0.25, 0.3) is 0 Å². The molecule has 0 aliphatic heterocycles. The molecule has 0 saturated heterocycles. The van der Waals surface area contributed by atoms with Crippen LogP contribution in [0.2, 0.25) is 0 Å². The number of benzene rings is 2. The standard InChI is InChI=1S/C10H6F2O/c11-7-3-1-2-6-4-5-8(13)10(12)9(6)7/h1-5,13H. The Kier molecular flexibility index (Phi) is 1.65. The van der Waals surface area contributed by atoms with E-state index in [1.165, 1.54) is 18.2 Å². The SMILES string of the molecule is Oc1ccc2cccc(F)c2c1F. The van der Waals surface area contributed by atoms with E-state index in [0.717, 1.165) is 6.07 Å². The van der Waals surface area contributed by atoms with Crippen LogP contribution in [0.3, 0.4) is 0 Å². The summed E-state index contributed by atoms with van der Waals surface area (Å²) >= 11 is 0. The molecule has 0 atom stereocenters. The van der Waals surface area contributed by atoms with E-state index in [4.69, 9.17) is 5.11 Å². The van der Waals surface area contributed by atoms with Crippen molar-refractivity contribution in [1.29, 1.82) is 0 Å². The van der Waals surface area contributed by atoms with Crippen molar-refractivity contribution in [2.45, 2.75) is 0 Å². The van der Waals surface area contributed by atoms with Crippen molar-refractivity contribution in [3.8, 4) is 5.75 Å². The molecule has 0 radical (unpaired) electrons. The summed E-state index contributed by atoms with van der Waals surface area (Å²) in [6.45, 7) is 0. The summed E-state index contributed by atoms with van der Waals surface area (Å²) in [6.07, 6.45) is 0. The van der Waals surface area contributed by atoms with Crippen molar-refractivity contribution in [3.05, 3.63) is 42.0 Å². The maximum atomic E-state index is 13.2. The molecule has 0 aliphatic carbocycles. The Bertz CT molecular complexity index is 466. The van der Waals surface area contributed by atoms with E-state index in [1.54, 1.807) is 6.07 Å². The van der Waals surface area contributed by atoms with Crippen LogP contribution in [0, 0.1) is 11.6 Å². The van der Waals surface area contributed by atoms with Gasteiger partial charge in [0.1, 0.15) is 5.82 Å². The number of fused-ring (bicyclic) bond motifs is 1. The molecular weight excluding hydrogens is 174 g/mol. The van der Waals surface area contributed by atoms with Gasteiger partial charge in [-0.3, -0.25) is 0 Å². The predicted molar refractivity (Wildman–Crippen MR) is 45.5 cm³/mol. The second-order valence-electron chi connectivity index (χ2n) is 2.74. The largest absolute Gasteiger partial charge is 0.505 e. The fraction of sp³-hybridized carbons (Fsp3) is 0. The van der Waals surface area contributed by atoms with Crippen LogP contribution in [0.4, 0.5) is 8.78 Å². The summed E-state index contributed by atoms with van der Waals surface area (Å²) in [5.41, 5.74) is 0. The Morgan fingerprint density at radius 3 is 2.54 bits per heavy atom. The van der Waals surface area contributed by atoms with Crippen LogP contribution in [-0.2, 0) is 0 Å². The van der Waals surface area contributed by atoms with E-state index in [1.807, 2.05) is 0 Å². The second-order valence-corrected chi connectivity index (χ2v) is 2.74. The van der Waals surface area contributed by atoms with E-state index < -0.39 is 17.4 Å². The zero-order valence-electron chi connectivity index (χ0n) is 6.59. The highest BCUT2D eigenvalue weighted by Gasteiger charge is 2.09. The summed E-state index contributed by atoms with van der Waals surface area (Å²) in [5, 5.41) is 9.28. The smallest absolute Gasteiger partial charge is 0.175 e. The number of rotatable bonds is 0. The Hall–Kier alpha value is -1.64. The number of phenols is 1. The summed E-state index contributed by atoms with van der Waals surface area (Å²) in [7, 11) is 0. The van der Waals surface area contributed by atoms with Gasteiger partial charge >= 0.3 is 0 Å². The van der Waals surface area contributed by atoms with Gasteiger partial charge in [-0.25, -0.2) is 8.78 Å². The highest BCUT2D eigenvalue weighted by atomic mass is 19.1. The van der Waals surface area contributed by atoms with Crippen LogP contribution < -0.4 is 0 Å².